The minimum absolute atomic E-state index is 0.00713. The first-order valence-electron chi connectivity index (χ1n) is 11.1. The number of aromatic nitrogens is 1. The number of carbonyl (C=O) groups excluding carboxylic acids is 2. The van der Waals surface area contributed by atoms with Gasteiger partial charge in [-0.15, -0.1) is 0 Å². The number of likely N-dealkylation sites (tertiary alicyclic amines) is 1. The van der Waals surface area contributed by atoms with Gasteiger partial charge in [0.2, 0.25) is 11.8 Å². The molecule has 0 saturated carbocycles. The van der Waals surface area contributed by atoms with Crippen LogP contribution in [0.1, 0.15) is 43.5 Å². The van der Waals surface area contributed by atoms with Gasteiger partial charge in [0, 0.05) is 36.7 Å². The van der Waals surface area contributed by atoms with Crippen molar-refractivity contribution < 1.29 is 14.0 Å². The van der Waals surface area contributed by atoms with Crippen molar-refractivity contribution in [3.05, 3.63) is 54.1 Å². The van der Waals surface area contributed by atoms with Crippen molar-refractivity contribution in [3.8, 4) is 11.5 Å². The first-order chi connectivity index (χ1) is 15.1. The summed E-state index contributed by atoms with van der Waals surface area (Å²) >= 11 is 0. The second kappa shape index (κ2) is 9.33. The molecule has 3 aromatic rings. The summed E-state index contributed by atoms with van der Waals surface area (Å²) in [6.45, 7) is 6.10. The van der Waals surface area contributed by atoms with E-state index in [9.17, 15) is 9.59 Å². The number of piperidine rings is 1. The third-order valence-corrected chi connectivity index (χ3v) is 6.15. The Morgan fingerprint density at radius 1 is 1.16 bits per heavy atom. The number of nitrogens with zero attached hydrogens (tertiary/aromatic N) is 2. The van der Waals surface area contributed by atoms with Crippen molar-refractivity contribution in [1.29, 1.82) is 0 Å². The third kappa shape index (κ3) is 4.63. The molecular weight excluding hydrogens is 390 g/mol. The van der Waals surface area contributed by atoms with Crippen LogP contribution in [-0.4, -0.2) is 41.3 Å². The second-order valence-electron chi connectivity index (χ2n) is 8.28. The predicted molar refractivity (Wildman–Crippen MR) is 121 cm³/mol. The zero-order chi connectivity index (χ0) is 21.8. The number of carbonyl (C=O) groups is 2. The third-order valence-electron chi connectivity index (χ3n) is 6.15. The first-order valence-corrected chi connectivity index (χ1v) is 11.1. The molecule has 0 aliphatic carbocycles. The van der Waals surface area contributed by atoms with Crippen LogP contribution >= 0.6 is 0 Å². The number of hydrogen-bond acceptors (Lipinski definition) is 4. The monoisotopic (exact) mass is 419 g/mol. The predicted octanol–water partition coefficient (Wildman–Crippen LogP) is 4.51. The lowest BCUT2D eigenvalue weighted by Gasteiger charge is -2.34. The lowest BCUT2D eigenvalue weighted by Crippen LogP contribution is -2.42. The maximum absolute atomic E-state index is 13.1. The number of fused-ring (bicyclic) bond motifs is 1. The molecule has 2 heterocycles. The van der Waals surface area contributed by atoms with Crippen molar-refractivity contribution in [2.75, 3.05) is 19.6 Å². The highest BCUT2D eigenvalue weighted by Gasteiger charge is 2.30. The van der Waals surface area contributed by atoms with Gasteiger partial charge in [-0.2, -0.15) is 0 Å². The van der Waals surface area contributed by atoms with Gasteiger partial charge in [-0.05, 0) is 55.5 Å². The smallest absolute Gasteiger partial charge is 0.253 e. The van der Waals surface area contributed by atoms with Crippen molar-refractivity contribution in [1.82, 2.24) is 15.2 Å². The normalized spacial score (nSPS) is 15.7. The summed E-state index contributed by atoms with van der Waals surface area (Å²) in [7, 11) is 0. The maximum atomic E-state index is 13.1. The Kier molecular flexibility index (Phi) is 6.35. The number of rotatable bonds is 6. The molecule has 6 heteroatoms. The number of hydrogen-bond donors (Lipinski definition) is 1. The molecule has 0 radical (unpaired) electrons. The lowest BCUT2D eigenvalue weighted by atomic mass is 9.84. The number of nitrogens with one attached hydrogen (secondary N) is 1. The van der Waals surface area contributed by atoms with E-state index in [0.29, 0.717) is 41.6 Å². The molecule has 2 aromatic carbocycles. The lowest BCUT2D eigenvalue weighted by molar-refractivity contribution is -0.126. The number of benzene rings is 2. The highest BCUT2D eigenvalue weighted by molar-refractivity contribution is 5.97. The van der Waals surface area contributed by atoms with E-state index < -0.39 is 0 Å². The van der Waals surface area contributed by atoms with Gasteiger partial charge in [0.05, 0.1) is 0 Å². The van der Waals surface area contributed by atoms with Gasteiger partial charge in [0.15, 0.2) is 5.58 Å². The fraction of sp³-hybridized carbons (Fsp3) is 0.400. The van der Waals surface area contributed by atoms with E-state index in [0.717, 1.165) is 31.4 Å². The number of oxazole rings is 1. The van der Waals surface area contributed by atoms with Gasteiger partial charge in [-0.25, -0.2) is 4.98 Å². The van der Waals surface area contributed by atoms with Crippen LogP contribution in [0.15, 0.2) is 52.9 Å². The van der Waals surface area contributed by atoms with Crippen LogP contribution < -0.4 is 5.32 Å². The molecule has 0 bridgehead atoms. The maximum Gasteiger partial charge on any atom is 0.253 e. The van der Waals surface area contributed by atoms with E-state index in [4.69, 9.17) is 4.42 Å². The Hall–Kier alpha value is -3.15. The van der Waals surface area contributed by atoms with Crippen molar-refractivity contribution in [2.24, 2.45) is 11.8 Å². The van der Waals surface area contributed by atoms with E-state index >= 15 is 0 Å². The highest BCUT2D eigenvalue weighted by atomic mass is 16.3. The fourth-order valence-electron chi connectivity index (χ4n) is 4.17. The molecule has 6 nitrogen and oxygen atoms in total. The molecule has 0 spiro atoms. The average Bonchev–Trinajstić information content (AvgIpc) is 3.26. The molecular formula is C25H29N3O3. The van der Waals surface area contributed by atoms with Crippen molar-refractivity contribution >= 4 is 22.9 Å². The van der Waals surface area contributed by atoms with E-state index in [1.54, 1.807) is 12.1 Å². The van der Waals surface area contributed by atoms with Gasteiger partial charge in [0.1, 0.15) is 5.52 Å². The summed E-state index contributed by atoms with van der Waals surface area (Å²) in [5.74, 6) is 0.973. The van der Waals surface area contributed by atoms with E-state index in [1.165, 1.54) is 0 Å². The van der Waals surface area contributed by atoms with Gasteiger partial charge < -0.3 is 14.6 Å². The molecule has 162 valence electrons. The van der Waals surface area contributed by atoms with Gasteiger partial charge in [0.25, 0.3) is 5.91 Å². The average molecular weight is 420 g/mol. The second-order valence-corrected chi connectivity index (χ2v) is 8.28. The molecule has 1 aliphatic rings. The standard InChI is InChI=1S/C25H29N3O3/c1-3-13-26-23(29)17(2)18-11-14-28(15-12-18)25(30)20-9-10-22-21(16-20)27-24(31-22)19-7-5-4-6-8-19/h4-10,16-18H,3,11-15H2,1-2H3,(H,26,29)/t17-/m0/s1. The topological polar surface area (TPSA) is 75.4 Å². The van der Waals surface area contributed by atoms with Crippen LogP contribution in [0.5, 0.6) is 0 Å². The first kappa shape index (κ1) is 21.1. The van der Waals surface area contributed by atoms with E-state index in [-0.39, 0.29) is 17.7 Å². The zero-order valence-electron chi connectivity index (χ0n) is 18.1. The summed E-state index contributed by atoms with van der Waals surface area (Å²) in [6.07, 6.45) is 2.63. The largest absolute Gasteiger partial charge is 0.436 e. The van der Waals surface area contributed by atoms with Crippen molar-refractivity contribution in [2.45, 2.75) is 33.1 Å². The molecule has 31 heavy (non-hydrogen) atoms. The summed E-state index contributed by atoms with van der Waals surface area (Å²) in [5.41, 5.74) is 2.88. The van der Waals surface area contributed by atoms with Crippen molar-refractivity contribution in [3.63, 3.8) is 0 Å². The Morgan fingerprint density at radius 3 is 2.61 bits per heavy atom. The fourth-order valence-corrected chi connectivity index (χ4v) is 4.17. The summed E-state index contributed by atoms with van der Waals surface area (Å²) < 4.78 is 5.85. The minimum atomic E-state index is -0.0216. The quantitative estimate of drug-likeness (QED) is 0.638. The molecule has 1 atom stereocenters. The molecule has 4 rings (SSSR count). The Labute approximate surface area is 182 Å². The van der Waals surface area contributed by atoms with Crippen LogP contribution in [0, 0.1) is 11.8 Å². The Balaban J connectivity index is 1.41. The molecule has 1 N–H and O–H groups in total. The summed E-state index contributed by atoms with van der Waals surface area (Å²) in [5, 5.41) is 2.98. The van der Waals surface area contributed by atoms with Crippen LogP contribution in [0.3, 0.4) is 0 Å². The van der Waals surface area contributed by atoms with Gasteiger partial charge >= 0.3 is 0 Å². The van der Waals surface area contributed by atoms with Crippen LogP contribution in [0.2, 0.25) is 0 Å². The number of amides is 2. The van der Waals surface area contributed by atoms with Gasteiger partial charge in [-0.3, -0.25) is 9.59 Å². The SMILES string of the molecule is CCCNC(=O)[C@@H](C)C1CCN(C(=O)c2ccc3oc(-c4ccccc4)nc3c2)CC1. The molecule has 2 amide bonds. The Bertz CT molecular complexity index is 1050. The van der Waals surface area contributed by atoms with Crippen LogP contribution in [0.25, 0.3) is 22.6 Å². The summed E-state index contributed by atoms with van der Waals surface area (Å²) in [4.78, 5) is 31.8. The summed E-state index contributed by atoms with van der Waals surface area (Å²) in [6, 6.07) is 15.2. The van der Waals surface area contributed by atoms with Gasteiger partial charge in [-0.1, -0.05) is 32.0 Å². The zero-order valence-corrected chi connectivity index (χ0v) is 18.1. The highest BCUT2D eigenvalue weighted by Crippen LogP contribution is 2.28. The van der Waals surface area contributed by atoms with Crippen LogP contribution in [0.4, 0.5) is 0 Å². The molecule has 0 unspecified atom stereocenters. The molecule has 1 aromatic heterocycles. The van der Waals surface area contributed by atoms with Crippen LogP contribution in [-0.2, 0) is 4.79 Å². The Morgan fingerprint density at radius 2 is 1.90 bits per heavy atom. The molecule has 1 fully saturated rings. The van der Waals surface area contributed by atoms with E-state index in [2.05, 4.69) is 10.3 Å². The minimum Gasteiger partial charge on any atom is -0.436 e. The molecule has 1 aliphatic heterocycles. The van der Waals surface area contributed by atoms with E-state index in [1.807, 2.05) is 55.1 Å². The molecule has 1 saturated heterocycles.